The number of methoxy groups -OCH3 is 3. The topological polar surface area (TPSA) is 75.6 Å². The van der Waals surface area contributed by atoms with Crippen molar-refractivity contribution in [2.45, 2.75) is 32.7 Å². The van der Waals surface area contributed by atoms with Crippen molar-refractivity contribution in [1.29, 1.82) is 0 Å². The fraction of sp³-hybridized carbons (Fsp3) is 0.636. The van der Waals surface area contributed by atoms with Crippen molar-refractivity contribution in [3.8, 4) is 11.5 Å². The van der Waals surface area contributed by atoms with Gasteiger partial charge in [0.2, 0.25) is 0 Å². The average Bonchev–Trinajstić information content (AvgIpc) is 2.78. The summed E-state index contributed by atoms with van der Waals surface area (Å²) in [7, 11) is 4.81. The van der Waals surface area contributed by atoms with Crippen molar-refractivity contribution in [2.24, 2.45) is 4.99 Å². The van der Waals surface area contributed by atoms with Crippen LogP contribution in [0.2, 0.25) is 0 Å². The van der Waals surface area contributed by atoms with E-state index in [1.807, 2.05) is 18.2 Å². The minimum absolute atomic E-state index is 0. The number of nitrogens with one attached hydrogen (secondary N) is 1. The van der Waals surface area contributed by atoms with E-state index in [1.165, 1.54) is 7.11 Å². The molecule has 1 saturated heterocycles. The van der Waals surface area contributed by atoms with E-state index in [2.05, 4.69) is 26.8 Å². The van der Waals surface area contributed by atoms with E-state index in [9.17, 15) is 4.79 Å². The lowest BCUT2D eigenvalue weighted by Gasteiger charge is -2.36. The molecule has 0 aromatic heterocycles. The Morgan fingerprint density at radius 3 is 2.45 bits per heavy atom. The van der Waals surface area contributed by atoms with Crippen LogP contribution in [0, 0.1) is 0 Å². The molecule has 1 fully saturated rings. The number of unbranched alkanes of at least 4 members (excludes halogenated alkanes) is 1. The van der Waals surface area contributed by atoms with Crippen LogP contribution in [-0.4, -0.2) is 82.3 Å². The van der Waals surface area contributed by atoms with Crippen molar-refractivity contribution in [2.75, 3.05) is 60.6 Å². The number of guanidine groups is 1. The lowest BCUT2D eigenvalue weighted by molar-refractivity contribution is -0.140. The van der Waals surface area contributed by atoms with E-state index in [1.54, 1.807) is 14.2 Å². The SMILES string of the molecule is CCNC(=NCCCCC(=O)OC)N1CCN(Cc2cc(OC)ccc2OC)CC1.I. The van der Waals surface area contributed by atoms with Crippen LogP contribution in [0.3, 0.4) is 0 Å². The molecule has 1 aliphatic heterocycles. The number of nitrogens with zero attached hydrogens (tertiary/aromatic N) is 3. The number of rotatable bonds is 10. The highest BCUT2D eigenvalue weighted by Gasteiger charge is 2.20. The molecule has 0 radical (unpaired) electrons. The molecule has 0 spiro atoms. The average molecular weight is 548 g/mol. The second-order valence-corrected chi connectivity index (χ2v) is 7.21. The minimum atomic E-state index is -0.158. The van der Waals surface area contributed by atoms with Gasteiger partial charge in [0.25, 0.3) is 0 Å². The molecule has 176 valence electrons. The molecule has 1 aromatic rings. The number of esters is 1. The van der Waals surface area contributed by atoms with Gasteiger partial charge in [-0.1, -0.05) is 0 Å². The zero-order valence-electron chi connectivity index (χ0n) is 19.2. The summed E-state index contributed by atoms with van der Waals surface area (Å²) in [5.74, 6) is 2.53. The molecule has 1 heterocycles. The van der Waals surface area contributed by atoms with Gasteiger partial charge in [0, 0.05) is 57.8 Å². The number of benzene rings is 1. The standard InChI is InChI=1S/C22H36N4O4.HI/c1-5-23-22(24-11-7-6-8-21(27)30-4)26-14-12-25(13-15-26)17-18-16-19(28-2)9-10-20(18)29-3;/h9-10,16H,5-8,11-15,17H2,1-4H3,(H,23,24);1H. The van der Waals surface area contributed by atoms with Crippen LogP contribution in [0.25, 0.3) is 0 Å². The summed E-state index contributed by atoms with van der Waals surface area (Å²) in [6, 6.07) is 5.93. The summed E-state index contributed by atoms with van der Waals surface area (Å²) in [6.45, 7) is 8.19. The fourth-order valence-electron chi connectivity index (χ4n) is 3.46. The first kappa shape index (κ1) is 27.3. The Morgan fingerprint density at radius 1 is 1.10 bits per heavy atom. The quantitative estimate of drug-likeness (QED) is 0.159. The van der Waals surface area contributed by atoms with E-state index in [0.717, 1.165) is 75.1 Å². The Balaban J connectivity index is 0.00000480. The molecule has 0 saturated carbocycles. The second-order valence-electron chi connectivity index (χ2n) is 7.21. The highest BCUT2D eigenvalue weighted by Crippen LogP contribution is 2.25. The lowest BCUT2D eigenvalue weighted by atomic mass is 10.1. The Kier molecular flexibility index (Phi) is 13.3. The third-order valence-corrected chi connectivity index (χ3v) is 5.17. The molecule has 1 aliphatic rings. The number of aliphatic imine (C=N–C) groups is 1. The second kappa shape index (κ2) is 15.1. The van der Waals surface area contributed by atoms with Gasteiger partial charge >= 0.3 is 5.97 Å². The van der Waals surface area contributed by atoms with Gasteiger partial charge in [-0.3, -0.25) is 14.7 Å². The minimum Gasteiger partial charge on any atom is -0.497 e. The summed E-state index contributed by atoms with van der Waals surface area (Å²) >= 11 is 0. The predicted molar refractivity (Wildman–Crippen MR) is 134 cm³/mol. The van der Waals surface area contributed by atoms with Gasteiger partial charge in [-0.2, -0.15) is 0 Å². The maximum Gasteiger partial charge on any atom is 0.305 e. The van der Waals surface area contributed by atoms with Crippen LogP contribution < -0.4 is 14.8 Å². The van der Waals surface area contributed by atoms with Gasteiger partial charge in [0.1, 0.15) is 11.5 Å². The maximum absolute atomic E-state index is 11.2. The van der Waals surface area contributed by atoms with Crippen molar-refractivity contribution < 1.29 is 19.0 Å². The Hall–Kier alpha value is -1.75. The molecule has 1 aromatic carbocycles. The van der Waals surface area contributed by atoms with Gasteiger partial charge < -0.3 is 24.4 Å². The van der Waals surface area contributed by atoms with Gasteiger partial charge in [0.15, 0.2) is 5.96 Å². The first-order valence-electron chi connectivity index (χ1n) is 10.6. The van der Waals surface area contributed by atoms with Gasteiger partial charge in [-0.05, 0) is 38.0 Å². The molecule has 0 unspecified atom stereocenters. The normalized spacial score (nSPS) is 14.6. The summed E-state index contributed by atoms with van der Waals surface area (Å²) in [4.78, 5) is 20.7. The van der Waals surface area contributed by atoms with E-state index in [0.29, 0.717) is 13.0 Å². The Morgan fingerprint density at radius 2 is 1.84 bits per heavy atom. The molecule has 0 bridgehead atoms. The van der Waals surface area contributed by atoms with Crippen molar-refractivity contribution >= 4 is 35.9 Å². The number of piperazine rings is 1. The molecule has 31 heavy (non-hydrogen) atoms. The Bertz CT molecular complexity index is 694. The molecule has 2 rings (SSSR count). The summed E-state index contributed by atoms with van der Waals surface area (Å²) in [5, 5.41) is 3.39. The van der Waals surface area contributed by atoms with Gasteiger partial charge in [-0.15, -0.1) is 24.0 Å². The van der Waals surface area contributed by atoms with Crippen LogP contribution in [0.4, 0.5) is 0 Å². The molecule has 0 amide bonds. The molecule has 9 heteroatoms. The van der Waals surface area contributed by atoms with Crippen LogP contribution in [0.5, 0.6) is 11.5 Å². The van der Waals surface area contributed by atoms with Gasteiger partial charge in [-0.25, -0.2) is 0 Å². The molecule has 1 N–H and O–H groups in total. The molecule has 0 atom stereocenters. The Labute approximate surface area is 203 Å². The third-order valence-electron chi connectivity index (χ3n) is 5.17. The highest BCUT2D eigenvalue weighted by molar-refractivity contribution is 14.0. The number of hydrogen-bond donors (Lipinski definition) is 1. The van der Waals surface area contributed by atoms with E-state index < -0.39 is 0 Å². The number of carbonyl (C=O) groups excluding carboxylic acids is 1. The highest BCUT2D eigenvalue weighted by atomic mass is 127. The molecular weight excluding hydrogens is 511 g/mol. The zero-order valence-corrected chi connectivity index (χ0v) is 21.5. The number of carbonyl (C=O) groups is 1. The van der Waals surface area contributed by atoms with Crippen LogP contribution in [0.1, 0.15) is 31.7 Å². The number of hydrogen-bond acceptors (Lipinski definition) is 6. The van der Waals surface area contributed by atoms with E-state index >= 15 is 0 Å². The monoisotopic (exact) mass is 548 g/mol. The smallest absolute Gasteiger partial charge is 0.305 e. The molecule has 8 nitrogen and oxygen atoms in total. The first-order chi connectivity index (χ1) is 14.6. The fourth-order valence-corrected chi connectivity index (χ4v) is 3.46. The summed E-state index contributed by atoms with van der Waals surface area (Å²) in [5.41, 5.74) is 1.14. The predicted octanol–water partition coefficient (Wildman–Crippen LogP) is 2.75. The van der Waals surface area contributed by atoms with E-state index in [-0.39, 0.29) is 29.9 Å². The van der Waals surface area contributed by atoms with Gasteiger partial charge in [0.05, 0.1) is 21.3 Å². The lowest BCUT2D eigenvalue weighted by Crippen LogP contribution is -2.52. The van der Waals surface area contributed by atoms with Crippen molar-refractivity contribution in [1.82, 2.24) is 15.1 Å². The van der Waals surface area contributed by atoms with Crippen LogP contribution in [0.15, 0.2) is 23.2 Å². The number of halogens is 1. The van der Waals surface area contributed by atoms with Crippen LogP contribution in [-0.2, 0) is 16.1 Å². The maximum atomic E-state index is 11.2. The molecular formula is C22H37IN4O4. The first-order valence-corrected chi connectivity index (χ1v) is 10.6. The largest absolute Gasteiger partial charge is 0.497 e. The number of ether oxygens (including phenoxy) is 3. The molecule has 0 aliphatic carbocycles. The summed E-state index contributed by atoms with van der Waals surface area (Å²) < 4.78 is 15.6. The van der Waals surface area contributed by atoms with Crippen molar-refractivity contribution in [3.05, 3.63) is 23.8 Å². The summed E-state index contributed by atoms with van der Waals surface area (Å²) in [6.07, 6.45) is 2.13. The third kappa shape index (κ3) is 9.10. The van der Waals surface area contributed by atoms with Crippen LogP contribution >= 0.6 is 24.0 Å². The van der Waals surface area contributed by atoms with Crippen molar-refractivity contribution in [3.63, 3.8) is 0 Å². The van der Waals surface area contributed by atoms with E-state index in [4.69, 9.17) is 14.5 Å². The zero-order chi connectivity index (χ0) is 21.8.